The molecule has 0 unspecified atom stereocenters. The molecule has 7 nitrogen and oxygen atoms in total. The predicted molar refractivity (Wildman–Crippen MR) is 80.4 cm³/mol. The third-order valence-electron chi connectivity index (χ3n) is 4.41. The number of aromatic nitrogens is 2. The molecule has 0 bridgehead atoms. The van der Waals surface area contributed by atoms with Crippen LogP contribution in [0, 0.1) is 0 Å². The van der Waals surface area contributed by atoms with Crippen molar-refractivity contribution in [1.82, 2.24) is 18.8 Å². The van der Waals surface area contributed by atoms with Crippen molar-refractivity contribution in [2.45, 2.75) is 36.4 Å². The summed E-state index contributed by atoms with van der Waals surface area (Å²) >= 11 is 0. The lowest BCUT2D eigenvalue weighted by atomic mass is 9.97. The van der Waals surface area contributed by atoms with Crippen molar-refractivity contribution in [2.75, 3.05) is 13.1 Å². The van der Waals surface area contributed by atoms with E-state index in [1.807, 2.05) is 0 Å². The van der Waals surface area contributed by atoms with Gasteiger partial charge in [0, 0.05) is 44.8 Å². The summed E-state index contributed by atoms with van der Waals surface area (Å²) in [4.78, 5) is 17.8. The third kappa shape index (κ3) is 2.36. The van der Waals surface area contributed by atoms with Crippen LogP contribution in [0.2, 0.25) is 0 Å². The molecule has 120 valence electrons. The predicted octanol–water partition coefficient (Wildman–Crippen LogP) is 0.360. The summed E-state index contributed by atoms with van der Waals surface area (Å²) in [6.45, 7) is 4.58. The number of nitrogens with zero attached hydrogens (tertiary/aromatic N) is 4. The Morgan fingerprint density at radius 3 is 2.82 bits per heavy atom. The Kier molecular flexibility index (Phi) is 3.82. The van der Waals surface area contributed by atoms with E-state index in [-0.39, 0.29) is 23.0 Å². The molecule has 0 spiro atoms. The van der Waals surface area contributed by atoms with Gasteiger partial charge in [0.2, 0.25) is 5.91 Å². The molecule has 0 aromatic carbocycles. The lowest BCUT2D eigenvalue weighted by Gasteiger charge is -2.38. The number of carbonyl (C=O) groups excluding carboxylic acids is 1. The first-order chi connectivity index (χ1) is 10.4. The molecule has 0 aliphatic carbocycles. The first-order valence-corrected chi connectivity index (χ1v) is 8.79. The van der Waals surface area contributed by atoms with Gasteiger partial charge in [-0.05, 0) is 12.8 Å². The van der Waals surface area contributed by atoms with E-state index in [4.69, 9.17) is 0 Å². The molecule has 1 aromatic rings. The number of aryl methyl sites for hydroxylation is 1. The van der Waals surface area contributed by atoms with Gasteiger partial charge in [0.25, 0.3) is 10.0 Å². The molecule has 2 aliphatic rings. The highest BCUT2D eigenvalue weighted by atomic mass is 32.2. The highest BCUT2D eigenvalue weighted by molar-refractivity contribution is 7.89. The van der Waals surface area contributed by atoms with Gasteiger partial charge < -0.3 is 9.47 Å². The van der Waals surface area contributed by atoms with Gasteiger partial charge in [-0.1, -0.05) is 6.08 Å². The van der Waals surface area contributed by atoms with E-state index in [9.17, 15) is 13.2 Å². The van der Waals surface area contributed by atoms with Gasteiger partial charge >= 0.3 is 0 Å². The second-order valence-electron chi connectivity index (χ2n) is 5.79. The number of rotatable bonds is 4. The number of sulfonamides is 1. The fourth-order valence-electron chi connectivity index (χ4n) is 3.43. The van der Waals surface area contributed by atoms with Crippen LogP contribution in [-0.2, 0) is 21.9 Å². The molecule has 0 radical (unpaired) electrons. The molecule has 2 saturated heterocycles. The van der Waals surface area contributed by atoms with E-state index in [1.165, 1.54) is 16.8 Å². The molecule has 2 aliphatic heterocycles. The molecule has 1 aromatic heterocycles. The zero-order valence-corrected chi connectivity index (χ0v) is 13.4. The average molecular weight is 324 g/mol. The Hall–Kier alpha value is -1.67. The highest BCUT2D eigenvalue weighted by Crippen LogP contribution is 2.34. The Balaban J connectivity index is 1.88. The van der Waals surface area contributed by atoms with Crippen LogP contribution in [-0.4, -0.2) is 58.3 Å². The molecular formula is C14H20N4O3S. The second kappa shape index (κ2) is 5.51. The van der Waals surface area contributed by atoms with Crippen LogP contribution in [0.4, 0.5) is 0 Å². The minimum absolute atomic E-state index is 0.0577. The quantitative estimate of drug-likeness (QED) is 0.750. The molecule has 3 rings (SSSR count). The van der Waals surface area contributed by atoms with E-state index in [0.29, 0.717) is 32.4 Å². The average Bonchev–Trinajstić information content (AvgIpc) is 3.08. The SMILES string of the molecule is C=CCN1C(=O)CC[C@@H]2[C@H]1CCN2S(=O)(=O)c1cn(C)cn1. The zero-order valence-electron chi connectivity index (χ0n) is 12.6. The Labute approximate surface area is 130 Å². The fourth-order valence-corrected chi connectivity index (χ4v) is 5.09. The number of likely N-dealkylation sites (tertiary alicyclic amines) is 1. The Morgan fingerprint density at radius 2 is 2.18 bits per heavy atom. The summed E-state index contributed by atoms with van der Waals surface area (Å²) in [5.41, 5.74) is 0. The summed E-state index contributed by atoms with van der Waals surface area (Å²) in [5, 5.41) is 0.0721. The number of hydrogen-bond donors (Lipinski definition) is 0. The standard InChI is InChI=1S/C14H20N4O3S/c1-3-7-17-11-6-8-18(12(11)4-5-14(17)19)22(20,21)13-9-16(2)10-15-13/h3,9-12H,1,4-8H2,2H3/t11-,12-/m1/s1. The van der Waals surface area contributed by atoms with Crippen molar-refractivity contribution in [3.63, 3.8) is 0 Å². The first-order valence-electron chi connectivity index (χ1n) is 7.35. The van der Waals surface area contributed by atoms with Crippen molar-refractivity contribution >= 4 is 15.9 Å². The number of fused-ring (bicyclic) bond motifs is 1. The maximum atomic E-state index is 12.8. The lowest BCUT2D eigenvalue weighted by Crippen LogP contribution is -2.53. The van der Waals surface area contributed by atoms with Crippen molar-refractivity contribution in [2.24, 2.45) is 7.05 Å². The number of piperidine rings is 1. The smallest absolute Gasteiger partial charge is 0.262 e. The molecule has 1 amide bonds. The van der Waals surface area contributed by atoms with Crippen molar-refractivity contribution in [1.29, 1.82) is 0 Å². The fraction of sp³-hybridized carbons (Fsp3) is 0.571. The minimum Gasteiger partial charge on any atom is -0.339 e. The van der Waals surface area contributed by atoms with Gasteiger partial charge in [0.15, 0.2) is 5.03 Å². The number of carbonyl (C=O) groups is 1. The Morgan fingerprint density at radius 1 is 1.41 bits per heavy atom. The normalized spacial score (nSPS) is 26.2. The van der Waals surface area contributed by atoms with Gasteiger partial charge in [-0.25, -0.2) is 13.4 Å². The first kappa shape index (κ1) is 15.2. The number of amides is 1. The van der Waals surface area contributed by atoms with Crippen molar-refractivity contribution in [3.8, 4) is 0 Å². The molecule has 8 heteroatoms. The summed E-state index contributed by atoms with van der Waals surface area (Å²) in [5.74, 6) is 0.0817. The topological polar surface area (TPSA) is 75.5 Å². The molecule has 0 N–H and O–H groups in total. The summed E-state index contributed by atoms with van der Waals surface area (Å²) < 4.78 is 28.7. The van der Waals surface area contributed by atoms with E-state index >= 15 is 0 Å². The van der Waals surface area contributed by atoms with Gasteiger partial charge in [-0.15, -0.1) is 6.58 Å². The lowest BCUT2D eigenvalue weighted by molar-refractivity contribution is -0.136. The number of imidazole rings is 1. The summed E-state index contributed by atoms with van der Waals surface area (Å²) in [7, 11) is -1.87. The van der Waals surface area contributed by atoms with Gasteiger partial charge in [-0.2, -0.15) is 4.31 Å². The van der Waals surface area contributed by atoms with Crippen LogP contribution < -0.4 is 0 Å². The van der Waals surface area contributed by atoms with E-state index in [1.54, 1.807) is 22.6 Å². The monoisotopic (exact) mass is 324 g/mol. The van der Waals surface area contributed by atoms with Crippen LogP contribution >= 0.6 is 0 Å². The van der Waals surface area contributed by atoms with E-state index in [0.717, 1.165) is 0 Å². The van der Waals surface area contributed by atoms with Gasteiger partial charge in [0.05, 0.1) is 6.33 Å². The zero-order chi connectivity index (χ0) is 15.9. The summed E-state index contributed by atoms with van der Waals surface area (Å²) in [6.07, 6.45) is 6.30. The van der Waals surface area contributed by atoms with E-state index < -0.39 is 10.0 Å². The van der Waals surface area contributed by atoms with Gasteiger partial charge in [0.1, 0.15) is 0 Å². The largest absolute Gasteiger partial charge is 0.339 e. The summed E-state index contributed by atoms with van der Waals surface area (Å²) in [6, 6.07) is -0.220. The molecule has 3 heterocycles. The number of hydrogen-bond acceptors (Lipinski definition) is 4. The second-order valence-corrected chi connectivity index (χ2v) is 7.63. The van der Waals surface area contributed by atoms with Crippen LogP contribution in [0.15, 0.2) is 30.2 Å². The third-order valence-corrected chi connectivity index (χ3v) is 6.22. The molecular weight excluding hydrogens is 304 g/mol. The molecule has 2 atom stereocenters. The molecule has 0 saturated carbocycles. The van der Waals surface area contributed by atoms with Crippen LogP contribution in [0.25, 0.3) is 0 Å². The molecule has 2 fully saturated rings. The highest BCUT2D eigenvalue weighted by Gasteiger charge is 2.47. The molecule has 22 heavy (non-hydrogen) atoms. The van der Waals surface area contributed by atoms with Crippen molar-refractivity contribution < 1.29 is 13.2 Å². The minimum atomic E-state index is -3.61. The van der Waals surface area contributed by atoms with E-state index in [2.05, 4.69) is 11.6 Å². The van der Waals surface area contributed by atoms with Gasteiger partial charge in [-0.3, -0.25) is 4.79 Å². The van der Waals surface area contributed by atoms with Crippen molar-refractivity contribution in [3.05, 3.63) is 25.2 Å². The maximum Gasteiger partial charge on any atom is 0.262 e. The van der Waals surface area contributed by atoms with Crippen LogP contribution in [0.1, 0.15) is 19.3 Å². The Bertz CT molecular complexity index is 697. The van der Waals surface area contributed by atoms with Crippen LogP contribution in [0.3, 0.4) is 0 Å². The maximum absolute atomic E-state index is 12.8. The van der Waals surface area contributed by atoms with Crippen LogP contribution in [0.5, 0.6) is 0 Å².